The number of anilines is 1. The van der Waals surface area contributed by atoms with E-state index in [0.29, 0.717) is 0 Å². The van der Waals surface area contributed by atoms with E-state index in [0.717, 1.165) is 5.56 Å². The molecular weight excluding hydrogens is 321 g/mol. The molecule has 2 aromatic rings. The lowest BCUT2D eigenvalue weighted by atomic mass is 10.1. The number of sulfonamides is 1. The maximum atomic E-state index is 13.5. The molecule has 23 heavy (non-hydrogen) atoms. The SMILES string of the molecule is COC(OC)c1cc(F)ccc1NS(=O)(=O)c1ccc(C)cc1. The number of hydrogen-bond acceptors (Lipinski definition) is 4. The van der Waals surface area contributed by atoms with Crippen LogP contribution < -0.4 is 4.72 Å². The highest BCUT2D eigenvalue weighted by Crippen LogP contribution is 2.28. The summed E-state index contributed by atoms with van der Waals surface area (Å²) in [4.78, 5) is 0.116. The topological polar surface area (TPSA) is 64.6 Å². The zero-order chi connectivity index (χ0) is 17.0. The average molecular weight is 339 g/mol. The minimum Gasteiger partial charge on any atom is -0.352 e. The van der Waals surface area contributed by atoms with E-state index in [9.17, 15) is 12.8 Å². The van der Waals surface area contributed by atoms with E-state index in [1.807, 2.05) is 6.92 Å². The summed E-state index contributed by atoms with van der Waals surface area (Å²) in [5, 5.41) is 0. The molecule has 124 valence electrons. The van der Waals surface area contributed by atoms with Crippen molar-refractivity contribution >= 4 is 15.7 Å². The first-order valence-electron chi connectivity index (χ1n) is 6.82. The summed E-state index contributed by atoms with van der Waals surface area (Å²) in [5.41, 5.74) is 1.40. The van der Waals surface area contributed by atoms with Crippen LogP contribution in [0.4, 0.5) is 10.1 Å². The molecule has 1 N–H and O–H groups in total. The number of benzene rings is 2. The molecule has 0 aliphatic carbocycles. The first kappa shape index (κ1) is 17.4. The molecule has 0 atom stereocenters. The van der Waals surface area contributed by atoms with Gasteiger partial charge in [-0.05, 0) is 37.3 Å². The molecule has 2 rings (SSSR count). The summed E-state index contributed by atoms with van der Waals surface area (Å²) in [6.45, 7) is 1.86. The maximum absolute atomic E-state index is 13.5. The molecule has 7 heteroatoms. The maximum Gasteiger partial charge on any atom is 0.261 e. The zero-order valence-corrected chi connectivity index (χ0v) is 13.9. The molecule has 0 unspecified atom stereocenters. The van der Waals surface area contributed by atoms with E-state index < -0.39 is 22.1 Å². The van der Waals surface area contributed by atoms with Crippen molar-refractivity contribution in [2.45, 2.75) is 18.1 Å². The molecule has 0 radical (unpaired) electrons. The van der Waals surface area contributed by atoms with Gasteiger partial charge < -0.3 is 9.47 Å². The molecular formula is C16H18FNO4S. The summed E-state index contributed by atoms with van der Waals surface area (Å²) in [6, 6.07) is 10.1. The van der Waals surface area contributed by atoms with Crippen LogP contribution in [0.1, 0.15) is 17.4 Å². The highest BCUT2D eigenvalue weighted by atomic mass is 32.2. The molecule has 0 spiro atoms. The summed E-state index contributed by atoms with van der Waals surface area (Å²) >= 11 is 0. The normalized spacial score (nSPS) is 11.7. The van der Waals surface area contributed by atoms with Crippen molar-refractivity contribution < 1.29 is 22.3 Å². The van der Waals surface area contributed by atoms with Crippen molar-refractivity contribution in [2.75, 3.05) is 18.9 Å². The standard InChI is InChI=1S/C16H18FNO4S/c1-11-4-7-13(8-5-11)23(19,20)18-15-9-6-12(17)10-14(15)16(21-2)22-3/h4-10,16,18H,1-3H3. The van der Waals surface area contributed by atoms with Gasteiger partial charge in [0, 0.05) is 19.8 Å². The van der Waals surface area contributed by atoms with E-state index in [2.05, 4.69) is 4.72 Å². The molecule has 0 amide bonds. The van der Waals surface area contributed by atoms with E-state index in [1.165, 1.54) is 44.6 Å². The highest BCUT2D eigenvalue weighted by molar-refractivity contribution is 7.92. The lowest BCUT2D eigenvalue weighted by Gasteiger charge is -2.18. The Hall–Kier alpha value is -1.96. The van der Waals surface area contributed by atoms with Gasteiger partial charge in [-0.2, -0.15) is 0 Å². The fourth-order valence-corrected chi connectivity index (χ4v) is 3.18. The van der Waals surface area contributed by atoms with Crippen molar-refractivity contribution in [3.8, 4) is 0 Å². The Morgan fingerprint density at radius 3 is 2.22 bits per heavy atom. The fraction of sp³-hybridized carbons (Fsp3) is 0.250. The van der Waals surface area contributed by atoms with Crippen LogP contribution in [-0.2, 0) is 19.5 Å². The number of hydrogen-bond donors (Lipinski definition) is 1. The number of aryl methyl sites for hydroxylation is 1. The first-order valence-corrected chi connectivity index (χ1v) is 8.30. The Labute approximate surface area is 135 Å². The third-order valence-electron chi connectivity index (χ3n) is 3.27. The molecule has 0 aliphatic heterocycles. The average Bonchev–Trinajstić information content (AvgIpc) is 2.51. The lowest BCUT2D eigenvalue weighted by Crippen LogP contribution is -2.16. The molecule has 0 fully saturated rings. The second-order valence-electron chi connectivity index (χ2n) is 4.95. The summed E-state index contributed by atoms with van der Waals surface area (Å²) in [6.07, 6.45) is -0.888. The Kier molecular flexibility index (Phi) is 5.35. The molecule has 0 saturated heterocycles. The summed E-state index contributed by atoms with van der Waals surface area (Å²) in [7, 11) is -1.03. The van der Waals surface area contributed by atoms with Crippen molar-refractivity contribution in [3.05, 3.63) is 59.4 Å². The molecule has 5 nitrogen and oxygen atoms in total. The number of rotatable bonds is 6. The largest absolute Gasteiger partial charge is 0.352 e. The quantitative estimate of drug-likeness (QED) is 0.821. The van der Waals surface area contributed by atoms with Gasteiger partial charge >= 0.3 is 0 Å². The van der Waals surface area contributed by atoms with Gasteiger partial charge in [0.2, 0.25) is 0 Å². The van der Waals surface area contributed by atoms with Gasteiger partial charge in [-0.3, -0.25) is 4.72 Å². The minimum atomic E-state index is -3.80. The number of methoxy groups -OCH3 is 2. The third-order valence-corrected chi connectivity index (χ3v) is 4.65. The molecule has 2 aromatic carbocycles. The Bertz CT molecular complexity index is 771. The van der Waals surface area contributed by atoms with Crippen LogP contribution in [0.25, 0.3) is 0 Å². The number of nitrogens with one attached hydrogen (secondary N) is 1. The van der Waals surface area contributed by atoms with Crippen molar-refractivity contribution in [1.82, 2.24) is 0 Å². The first-order chi connectivity index (χ1) is 10.9. The number of ether oxygens (including phenoxy) is 2. The van der Waals surface area contributed by atoms with Crippen molar-refractivity contribution in [3.63, 3.8) is 0 Å². The smallest absolute Gasteiger partial charge is 0.261 e. The van der Waals surface area contributed by atoms with E-state index >= 15 is 0 Å². The predicted octanol–water partition coefficient (Wildman–Crippen LogP) is 3.23. The molecule has 0 saturated carbocycles. The lowest BCUT2D eigenvalue weighted by molar-refractivity contribution is -0.105. The van der Waals surface area contributed by atoms with Gasteiger partial charge in [0.1, 0.15) is 5.82 Å². The van der Waals surface area contributed by atoms with Crippen LogP contribution in [0.15, 0.2) is 47.4 Å². The van der Waals surface area contributed by atoms with Gasteiger partial charge in [-0.1, -0.05) is 17.7 Å². The monoisotopic (exact) mass is 339 g/mol. The zero-order valence-electron chi connectivity index (χ0n) is 13.0. The van der Waals surface area contributed by atoms with E-state index in [-0.39, 0.29) is 16.1 Å². The van der Waals surface area contributed by atoms with Gasteiger partial charge in [-0.15, -0.1) is 0 Å². The van der Waals surface area contributed by atoms with E-state index in [1.54, 1.807) is 12.1 Å². The Balaban J connectivity index is 2.41. The minimum absolute atomic E-state index is 0.116. The van der Waals surface area contributed by atoms with Gasteiger partial charge in [-0.25, -0.2) is 12.8 Å². The van der Waals surface area contributed by atoms with Gasteiger partial charge in [0.05, 0.1) is 10.6 Å². The summed E-state index contributed by atoms with van der Waals surface area (Å²) in [5.74, 6) is -0.516. The predicted molar refractivity (Wildman–Crippen MR) is 85.1 cm³/mol. The fourth-order valence-electron chi connectivity index (χ4n) is 2.09. The Morgan fingerprint density at radius 1 is 1.04 bits per heavy atom. The molecule has 0 aromatic heterocycles. The third kappa shape index (κ3) is 4.07. The Morgan fingerprint density at radius 2 is 1.65 bits per heavy atom. The summed E-state index contributed by atoms with van der Waals surface area (Å²) < 4.78 is 51.0. The van der Waals surface area contributed by atoms with E-state index in [4.69, 9.17) is 9.47 Å². The van der Waals surface area contributed by atoms with Gasteiger partial charge in [0.25, 0.3) is 10.0 Å². The van der Waals surface area contributed by atoms with Crippen molar-refractivity contribution in [1.29, 1.82) is 0 Å². The highest BCUT2D eigenvalue weighted by Gasteiger charge is 2.20. The second-order valence-corrected chi connectivity index (χ2v) is 6.64. The van der Waals surface area contributed by atoms with Crippen LogP contribution in [0, 0.1) is 12.7 Å². The van der Waals surface area contributed by atoms with Crippen LogP contribution in [0.3, 0.4) is 0 Å². The second kappa shape index (κ2) is 7.08. The molecule has 0 heterocycles. The van der Waals surface area contributed by atoms with Crippen LogP contribution in [-0.4, -0.2) is 22.6 Å². The van der Waals surface area contributed by atoms with Gasteiger partial charge in [0.15, 0.2) is 6.29 Å². The number of halogens is 1. The van der Waals surface area contributed by atoms with Crippen LogP contribution in [0.2, 0.25) is 0 Å². The van der Waals surface area contributed by atoms with Crippen molar-refractivity contribution in [2.24, 2.45) is 0 Å². The molecule has 0 bridgehead atoms. The van der Waals surface area contributed by atoms with Crippen LogP contribution in [0.5, 0.6) is 0 Å². The molecule has 0 aliphatic rings. The van der Waals surface area contributed by atoms with Crippen LogP contribution >= 0.6 is 0 Å².